The van der Waals surface area contributed by atoms with E-state index in [9.17, 15) is 0 Å². The van der Waals surface area contributed by atoms with Crippen LogP contribution in [0.1, 0.15) is 0 Å². The average molecular weight is 194 g/mol. The van der Waals surface area contributed by atoms with E-state index < -0.39 is 0 Å². The first kappa shape index (κ1) is 8.34. The molecule has 0 radical (unpaired) electrons. The third kappa shape index (κ3) is 1.18. The van der Waals surface area contributed by atoms with Crippen LogP contribution in [-0.4, -0.2) is 7.11 Å². The molecule has 2 aromatic rings. The first-order chi connectivity index (χ1) is 7.38. The molecule has 3 rings (SSSR count). The van der Waals surface area contributed by atoms with Crippen molar-refractivity contribution in [3.63, 3.8) is 0 Å². The van der Waals surface area contributed by atoms with Gasteiger partial charge in [-0.05, 0) is 29.5 Å². The zero-order chi connectivity index (χ0) is 10.3. The molecular weight excluding hydrogens is 184 g/mol. The minimum absolute atomic E-state index is 0.896. The second kappa shape index (κ2) is 3.01. The number of ether oxygens (including phenoxy) is 1. The summed E-state index contributed by atoms with van der Waals surface area (Å²) in [7, 11) is 1.69. The van der Waals surface area contributed by atoms with Gasteiger partial charge in [0.15, 0.2) is 0 Å². The molecule has 72 valence electrons. The summed E-state index contributed by atoms with van der Waals surface area (Å²) in [4.78, 5) is 0. The summed E-state index contributed by atoms with van der Waals surface area (Å²) >= 11 is 0. The molecule has 15 heavy (non-hydrogen) atoms. The largest absolute Gasteiger partial charge is 0.497 e. The van der Waals surface area contributed by atoms with Gasteiger partial charge < -0.3 is 4.74 Å². The molecule has 1 aliphatic rings. The molecule has 0 bridgehead atoms. The molecular formula is C14H10O. The van der Waals surface area contributed by atoms with Gasteiger partial charge in [0.2, 0.25) is 0 Å². The molecule has 2 aromatic carbocycles. The standard InChI is InChI=1S/C14H10O/c1-15-12-7-6-11-8-10-4-2-3-5-13(10)14(11)9-12/h2-7,9H,1H3. The highest BCUT2D eigenvalue weighted by atomic mass is 16.5. The van der Waals surface area contributed by atoms with Crippen LogP contribution < -0.4 is 15.2 Å². The van der Waals surface area contributed by atoms with E-state index in [1.165, 1.54) is 15.7 Å². The topological polar surface area (TPSA) is 9.23 Å². The minimum Gasteiger partial charge on any atom is -0.497 e. The fourth-order valence-electron chi connectivity index (χ4n) is 1.95. The van der Waals surface area contributed by atoms with E-state index in [2.05, 4.69) is 30.0 Å². The van der Waals surface area contributed by atoms with Crippen LogP contribution in [0, 0.1) is 10.4 Å². The molecule has 0 atom stereocenters. The Balaban J connectivity index is 2.60. The molecule has 0 N–H and O–H groups in total. The van der Waals surface area contributed by atoms with Gasteiger partial charge in [-0.2, -0.15) is 0 Å². The SMILES string of the molecule is COc1ccc2c(c1)=c1ccccc1=C=2. The van der Waals surface area contributed by atoms with Crippen LogP contribution in [0.2, 0.25) is 0 Å². The van der Waals surface area contributed by atoms with Gasteiger partial charge in [0.05, 0.1) is 7.11 Å². The number of hydrogen-bond acceptors (Lipinski definition) is 1. The average Bonchev–Trinajstić information content (AvgIpc) is 2.66. The van der Waals surface area contributed by atoms with E-state index in [4.69, 9.17) is 4.74 Å². The lowest BCUT2D eigenvalue weighted by molar-refractivity contribution is 0.414. The van der Waals surface area contributed by atoms with Crippen molar-refractivity contribution in [3.8, 4) is 5.75 Å². The Bertz CT molecular complexity index is 738. The van der Waals surface area contributed by atoms with Crippen LogP contribution in [0.3, 0.4) is 0 Å². The molecule has 0 unspecified atom stereocenters. The highest BCUT2D eigenvalue weighted by molar-refractivity contribution is 5.37. The second-order valence-electron chi connectivity index (χ2n) is 3.58. The number of benzene rings is 2. The molecule has 1 nitrogen and oxygen atoms in total. The van der Waals surface area contributed by atoms with Crippen molar-refractivity contribution >= 4 is 5.73 Å². The van der Waals surface area contributed by atoms with Crippen molar-refractivity contribution in [3.05, 3.63) is 63.3 Å². The van der Waals surface area contributed by atoms with E-state index in [0.717, 1.165) is 11.0 Å². The normalized spacial score (nSPS) is 11.0. The second-order valence-corrected chi connectivity index (χ2v) is 3.58. The number of rotatable bonds is 1. The first-order valence-corrected chi connectivity index (χ1v) is 4.93. The molecule has 0 aliphatic heterocycles. The maximum absolute atomic E-state index is 5.23. The van der Waals surface area contributed by atoms with E-state index in [1.54, 1.807) is 7.11 Å². The molecule has 0 fully saturated rings. The van der Waals surface area contributed by atoms with Crippen molar-refractivity contribution in [2.75, 3.05) is 7.11 Å². The lowest BCUT2D eigenvalue weighted by Gasteiger charge is -1.96. The molecule has 0 saturated carbocycles. The smallest absolute Gasteiger partial charge is 0.119 e. The van der Waals surface area contributed by atoms with Crippen LogP contribution in [0.15, 0.2) is 42.5 Å². The van der Waals surface area contributed by atoms with Gasteiger partial charge in [0, 0.05) is 15.7 Å². The molecule has 0 spiro atoms. The van der Waals surface area contributed by atoms with Crippen molar-refractivity contribution in [1.82, 2.24) is 0 Å². The summed E-state index contributed by atoms with van der Waals surface area (Å²) in [6.07, 6.45) is 0. The van der Waals surface area contributed by atoms with Crippen molar-refractivity contribution in [2.24, 2.45) is 0 Å². The van der Waals surface area contributed by atoms with E-state index >= 15 is 0 Å². The number of methoxy groups -OCH3 is 1. The zero-order valence-electron chi connectivity index (χ0n) is 8.45. The zero-order valence-corrected chi connectivity index (χ0v) is 8.45. The maximum Gasteiger partial charge on any atom is 0.119 e. The van der Waals surface area contributed by atoms with Gasteiger partial charge in [-0.15, -0.1) is 5.73 Å². The van der Waals surface area contributed by atoms with Gasteiger partial charge in [-0.3, -0.25) is 0 Å². The Kier molecular flexibility index (Phi) is 1.67. The molecule has 0 aromatic heterocycles. The van der Waals surface area contributed by atoms with Crippen LogP contribution in [0.5, 0.6) is 5.75 Å². The highest BCUT2D eigenvalue weighted by Crippen LogP contribution is 2.06. The summed E-state index contributed by atoms with van der Waals surface area (Å²) in [5.74, 6) is 0.896. The summed E-state index contributed by atoms with van der Waals surface area (Å²) in [5, 5.41) is 4.77. The third-order valence-corrected chi connectivity index (χ3v) is 2.71. The van der Waals surface area contributed by atoms with Gasteiger partial charge in [0.25, 0.3) is 0 Å². The number of fused-ring (bicyclic) bond motifs is 2. The van der Waals surface area contributed by atoms with Crippen LogP contribution in [0.25, 0.3) is 5.73 Å². The van der Waals surface area contributed by atoms with E-state index in [-0.39, 0.29) is 0 Å². The summed E-state index contributed by atoms with van der Waals surface area (Å²) in [6.45, 7) is 0. The fourth-order valence-corrected chi connectivity index (χ4v) is 1.95. The molecule has 1 aliphatic carbocycles. The van der Waals surface area contributed by atoms with Gasteiger partial charge in [-0.25, -0.2) is 0 Å². The maximum atomic E-state index is 5.23. The summed E-state index contributed by atoms with van der Waals surface area (Å²) < 4.78 is 5.23. The van der Waals surface area contributed by atoms with Crippen LogP contribution in [0.4, 0.5) is 0 Å². The Hall–Kier alpha value is -1.98. The predicted octanol–water partition coefficient (Wildman–Crippen LogP) is 1.05. The summed E-state index contributed by atoms with van der Waals surface area (Å²) in [6, 6.07) is 14.4. The Morgan fingerprint density at radius 3 is 2.60 bits per heavy atom. The Labute approximate surface area is 87.3 Å². The minimum atomic E-state index is 0.896. The lowest BCUT2D eigenvalue weighted by atomic mass is 10.2. The number of hydrogen-bond donors (Lipinski definition) is 0. The van der Waals surface area contributed by atoms with Crippen LogP contribution >= 0.6 is 0 Å². The Morgan fingerprint density at radius 2 is 1.73 bits per heavy atom. The first-order valence-electron chi connectivity index (χ1n) is 4.93. The monoisotopic (exact) mass is 194 g/mol. The van der Waals surface area contributed by atoms with Crippen molar-refractivity contribution in [1.29, 1.82) is 0 Å². The molecule has 1 heteroatoms. The summed E-state index contributed by atoms with van der Waals surface area (Å²) in [5.41, 5.74) is 3.37. The van der Waals surface area contributed by atoms with E-state index in [0.29, 0.717) is 0 Å². The fraction of sp³-hybridized carbons (Fsp3) is 0.0714. The third-order valence-electron chi connectivity index (χ3n) is 2.71. The van der Waals surface area contributed by atoms with Gasteiger partial charge in [0.1, 0.15) is 5.75 Å². The predicted molar refractivity (Wildman–Crippen MR) is 58.9 cm³/mol. The van der Waals surface area contributed by atoms with Crippen molar-refractivity contribution in [2.45, 2.75) is 0 Å². The van der Waals surface area contributed by atoms with E-state index in [1.807, 2.05) is 18.2 Å². The molecule has 0 amide bonds. The highest BCUT2D eigenvalue weighted by Gasteiger charge is 1.97. The van der Waals surface area contributed by atoms with Gasteiger partial charge >= 0.3 is 0 Å². The Morgan fingerprint density at radius 1 is 0.933 bits per heavy atom. The van der Waals surface area contributed by atoms with Crippen molar-refractivity contribution < 1.29 is 4.74 Å². The molecule has 0 saturated heterocycles. The quantitative estimate of drug-likeness (QED) is 0.562. The van der Waals surface area contributed by atoms with Crippen LogP contribution in [-0.2, 0) is 0 Å². The van der Waals surface area contributed by atoms with Gasteiger partial charge in [-0.1, -0.05) is 18.2 Å². The molecule has 0 heterocycles. The lowest BCUT2D eigenvalue weighted by Crippen LogP contribution is -1.98.